The summed E-state index contributed by atoms with van der Waals surface area (Å²) in [7, 11) is 0. The van der Waals surface area contributed by atoms with E-state index in [1.54, 1.807) is 0 Å². The Morgan fingerprint density at radius 1 is 1.00 bits per heavy atom. The van der Waals surface area contributed by atoms with Crippen LogP contribution in [-0.2, 0) is 4.74 Å². The van der Waals surface area contributed by atoms with Gasteiger partial charge in [0, 0.05) is 6.92 Å². The molecule has 1 nitrogen and oxygen atoms in total. The van der Waals surface area contributed by atoms with E-state index < -0.39 is 25.3 Å². The molecule has 0 heterocycles. The minimum atomic E-state index is -4.54. The van der Waals surface area contributed by atoms with Crippen LogP contribution in [0.1, 0.15) is 6.92 Å². The van der Waals surface area contributed by atoms with Gasteiger partial charge in [0.25, 0.3) is 5.92 Å². The lowest BCUT2D eigenvalue weighted by Gasteiger charge is -2.11. The topological polar surface area (TPSA) is 9.23 Å². The Morgan fingerprint density at radius 2 is 1.45 bits per heavy atom. The number of alkyl halides is 5. The van der Waals surface area contributed by atoms with Gasteiger partial charge < -0.3 is 4.74 Å². The van der Waals surface area contributed by atoms with Crippen molar-refractivity contribution in [2.75, 3.05) is 13.2 Å². The highest BCUT2D eigenvalue weighted by atomic mass is 19.4. The Balaban J connectivity index is 3.44. The van der Waals surface area contributed by atoms with Crippen molar-refractivity contribution in [2.24, 2.45) is 0 Å². The van der Waals surface area contributed by atoms with E-state index in [0.29, 0.717) is 6.92 Å². The van der Waals surface area contributed by atoms with Crippen molar-refractivity contribution in [1.82, 2.24) is 0 Å². The summed E-state index contributed by atoms with van der Waals surface area (Å²) in [5.41, 5.74) is 0. The van der Waals surface area contributed by atoms with Gasteiger partial charge in [-0.3, -0.25) is 0 Å². The molecular weight excluding hydrogens is 171 g/mol. The van der Waals surface area contributed by atoms with E-state index in [0.717, 1.165) is 0 Å². The highest BCUT2D eigenvalue weighted by Gasteiger charge is 2.30. The Bertz CT molecular complexity index is 99.0. The molecule has 0 bridgehead atoms. The van der Waals surface area contributed by atoms with Crippen molar-refractivity contribution in [2.45, 2.75) is 19.0 Å². The molecule has 0 aliphatic rings. The number of halogens is 5. The van der Waals surface area contributed by atoms with E-state index >= 15 is 0 Å². The summed E-state index contributed by atoms with van der Waals surface area (Å²) in [4.78, 5) is 0. The van der Waals surface area contributed by atoms with Gasteiger partial charge in [0.2, 0.25) is 0 Å². The van der Waals surface area contributed by atoms with Gasteiger partial charge in [-0.1, -0.05) is 0 Å². The van der Waals surface area contributed by atoms with Crippen molar-refractivity contribution in [3.63, 3.8) is 0 Å². The number of rotatable bonds is 3. The molecule has 0 radical (unpaired) electrons. The smallest absolute Gasteiger partial charge is 0.366 e. The van der Waals surface area contributed by atoms with E-state index in [-0.39, 0.29) is 0 Å². The average molecular weight is 178 g/mol. The van der Waals surface area contributed by atoms with Crippen LogP contribution in [0.5, 0.6) is 0 Å². The van der Waals surface area contributed by atoms with Crippen molar-refractivity contribution in [3.05, 3.63) is 0 Å². The molecule has 0 aliphatic heterocycles. The van der Waals surface area contributed by atoms with Gasteiger partial charge in [-0.25, -0.2) is 8.78 Å². The monoisotopic (exact) mass is 178 g/mol. The zero-order valence-electron chi connectivity index (χ0n) is 5.71. The molecule has 0 aromatic carbocycles. The van der Waals surface area contributed by atoms with E-state index in [9.17, 15) is 22.0 Å². The molecule has 0 aliphatic carbocycles. The molecular formula is C5H7F5O. The zero-order chi connectivity index (χ0) is 9.12. The van der Waals surface area contributed by atoms with Crippen LogP contribution in [0.2, 0.25) is 0 Å². The first-order valence-corrected chi connectivity index (χ1v) is 2.73. The van der Waals surface area contributed by atoms with E-state index in [2.05, 4.69) is 4.74 Å². The lowest BCUT2D eigenvalue weighted by molar-refractivity contribution is -0.189. The Kier molecular flexibility index (Phi) is 3.22. The summed E-state index contributed by atoms with van der Waals surface area (Å²) in [6.07, 6.45) is -4.54. The highest BCUT2D eigenvalue weighted by Crippen LogP contribution is 2.17. The molecule has 11 heavy (non-hydrogen) atoms. The van der Waals surface area contributed by atoms with Gasteiger partial charge in [-0.2, -0.15) is 13.2 Å². The van der Waals surface area contributed by atoms with Crippen LogP contribution < -0.4 is 0 Å². The first kappa shape index (κ1) is 10.6. The van der Waals surface area contributed by atoms with Crippen LogP contribution in [0.25, 0.3) is 0 Å². The van der Waals surface area contributed by atoms with Crippen molar-refractivity contribution < 1.29 is 26.7 Å². The standard InChI is InChI=1S/C5H7F5O/c1-4(6,7)2-11-3-5(8,9)10/h2-3H2,1H3. The molecule has 0 N–H and O–H groups in total. The second kappa shape index (κ2) is 3.34. The van der Waals surface area contributed by atoms with Crippen LogP contribution in [0.15, 0.2) is 0 Å². The Hall–Kier alpha value is -0.390. The second-order valence-electron chi connectivity index (χ2n) is 2.18. The van der Waals surface area contributed by atoms with Gasteiger partial charge in [0.15, 0.2) is 0 Å². The third-order valence-electron chi connectivity index (χ3n) is 0.621. The normalized spacial score (nSPS) is 13.6. The molecule has 68 valence electrons. The quantitative estimate of drug-likeness (QED) is 0.602. The van der Waals surface area contributed by atoms with Crippen molar-refractivity contribution >= 4 is 0 Å². The largest absolute Gasteiger partial charge is 0.411 e. The molecule has 0 saturated heterocycles. The molecule has 6 heteroatoms. The number of ether oxygens (including phenoxy) is 1. The second-order valence-corrected chi connectivity index (χ2v) is 2.18. The van der Waals surface area contributed by atoms with Crippen LogP contribution >= 0.6 is 0 Å². The molecule has 0 fully saturated rings. The fourth-order valence-corrected chi connectivity index (χ4v) is 0.346. The lowest BCUT2D eigenvalue weighted by atomic mass is 10.4. The summed E-state index contributed by atoms with van der Waals surface area (Å²) < 4.78 is 61.1. The maximum absolute atomic E-state index is 11.8. The van der Waals surface area contributed by atoms with E-state index in [1.165, 1.54) is 0 Å². The third-order valence-corrected chi connectivity index (χ3v) is 0.621. The SMILES string of the molecule is CC(F)(F)COCC(F)(F)F. The summed E-state index contributed by atoms with van der Waals surface area (Å²) in [5, 5.41) is 0. The average Bonchev–Trinajstić information content (AvgIpc) is 1.55. The minimum absolute atomic E-state index is 0.489. The van der Waals surface area contributed by atoms with Gasteiger partial charge in [0.1, 0.15) is 13.2 Å². The zero-order valence-corrected chi connectivity index (χ0v) is 5.71. The fourth-order valence-electron chi connectivity index (χ4n) is 0.346. The molecule has 0 saturated carbocycles. The number of hydrogen-bond acceptors (Lipinski definition) is 1. The lowest BCUT2D eigenvalue weighted by Crippen LogP contribution is -2.24. The van der Waals surface area contributed by atoms with E-state index in [1.807, 2.05) is 0 Å². The third kappa shape index (κ3) is 9.61. The maximum atomic E-state index is 11.8. The Morgan fingerprint density at radius 3 is 1.73 bits per heavy atom. The van der Waals surface area contributed by atoms with Gasteiger partial charge in [0.05, 0.1) is 0 Å². The highest BCUT2D eigenvalue weighted by molar-refractivity contribution is 4.56. The molecule has 0 spiro atoms. The van der Waals surface area contributed by atoms with Crippen LogP contribution in [0.4, 0.5) is 22.0 Å². The van der Waals surface area contributed by atoms with Crippen molar-refractivity contribution in [3.8, 4) is 0 Å². The minimum Gasteiger partial charge on any atom is -0.366 e. The van der Waals surface area contributed by atoms with Gasteiger partial charge in [-0.05, 0) is 0 Å². The van der Waals surface area contributed by atoms with Crippen molar-refractivity contribution in [1.29, 1.82) is 0 Å². The van der Waals surface area contributed by atoms with Crippen LogP contribution in [0, 0.1) is 0 Å². The fraction of sp³-hybridized carbons (Fsp3) is 1.00. The van der Waals surface area contributed by atoms with E-state index in [4.69, 9.17) is 0 Å². The first-order chi connectivity index (χ1) is 4.71. The predicted octanol–water partition coefficient (Wildman–Crippen LogP) is 2.22. The molecule has 0 unspecified atom stereocenters. The summed E-state index contributed by atoms with van der Waals surface area (Å²) >= 11 is 0. The molecule has 0 aromatic heterocycles. The summed E-state index contributed by atoms with van der Waals surface area (Å²) in [6.45, 7) is -2.34. The summed E-state index contributed by atoms with van der Waals surface area (Å²) in [6, 6.07) is 0. The Labute approximate surface area is 60.1 Å². The van der Waals surface area contributed by atoms with Gasteiger partial charge >= 0.3 is 6.18 Å². The molecule has 0 amide bonds. The predicted molar refractivity (Wildman–Crippen MR) is 27.5 cm³/mol. The molecule has 0 rings (SSSR count). The molecule has 0 atom stereocenters. The first-order valence-electron chi connectivity index (χ1n) is 2.73. The van der Waals surface area contributed by atoms with Gasteiger partial charge in [-0.15, -0.1) is 0 Å². The van der Waals surface area contributed by atoms with Crippen LogP contribution in [0.3, 0.4) is 0 Å². The van der Waals surface area contributed by atoms with Crippen LogP contribution in [-0.4, -0.2) is 25.3 Å². The molecule has 0 aromatic rings. The summed E-state index contributed by atoms with van der Waals surface area (Å²) in [5.74, 6) is -3.20. The maximum Gasteiger partial charge on any atom is 0.411 e. The number of hydrogen-bond donors (Lipinski definition) is 0.